The first-order valence-electron chi connectivity index (χ1n) is 5.05. The zero-order valence-corrected chi connectivity index (χ0v) is 8.92. The summed E-state index contributed by atoms with van der Waals surface area (Å²) in [6.45, 7) is 0. The molecule has 17 heavy (non-hydrogen) atoms. The van der Waals surface area contributed by atoms with Crippen LogP contribution in [-0.4, -0.2) is 11.9 Å². The second-order valence-electron chi connectivity index (χ2n) is 3.32. The molecule has 0 fully saturated rings. The molecule has 0 amide bonds. The molecule has 0 aromatic heterocycles. The molecule has 0 aliphatic rings. The minimum atomic E-state index is -0.695. The molecule has 3 heteroatoms. The molecule has 0 atom stereocenters. The summed E-state index contributed by atoms with van der Waals surface area (Å²) in [7, 11) is 0. The van der Waals surface area contributed by atoms with Gasteiger partial charge < -0.3 is 4.74 Å². The highest BCUT2D eigenvalue weighted by atomic mass is 16.6. The van der Waals surface area contributed by atoms with E-state index in [1.165, 1.54) is 0 Å². The van der Waals surface area contributed by atoms with E-state index in [9.17, 15) is 9.59 Å². The lowest BCUT2D eigenvalue weighted by molar-refractivity contribution is 0.0397. The Kier molecular flexibility index (Phi) is 3.31. The maximum Gasteiger partial charge on any atom is 0.346 e. The van der Waals surface area contributed by atoms with Gasteiger partial charge in [0.15, 0.2) is 0 Å². The first kappa shape index (κ1) is 11.1. The number of carbonyl (C=O) groups is 2. The predicted octanol–water partition coefficient (Wildman–Crippen LogP) is 2.48. The monoisotopic (exact) mass is 225 g/mol. The fourth-order valence-electron chi connectivity index (χ4n) is 1.29. The largest absolute Gasteiger partial charge is 0.386 e. The van der Waals surface area contributed by atoms with E-state index in [2.05, 4.69) is 6.07 Å². The van der Waals surface area contributed by atoms with Crippen molar-refractivity contribution < 1.29 is 14.3 Å². The first-order valence-corrected chi connectivity index (χ1v) is 5.05. The standard InChI is InChI=1S/C14H9O3/c15-13(11-7-3-1-4-8-11)17-14(16)12-9-5-2-6-10-12/h1-9H. The summed E-state index contributed by atoms with van der Waals surface area (Å²) >= 11 is 0. The molecule has 83 valence electrons. The van der Waals surface area contributed by atoms with Crippen molar-refractivity contribution >= 4 is 11.9 Å². The van der Waals surface area contributed by atoms with Crippen LogP contribution in [0.4, 0.5) is 0 Å². The van der Waals surface area contributed by atoms with Crippen LogP contribution in [0.2, 0.25) is 0 Å². The van der Waals surface area contributed by atoms with Crippen LogP contribution in [0.3, 0.4) is 0 Å². The minimum absolute atomic E-state index is 0.233. The van der Waals surface area contributed by atoms with E-state index in [1.807, 2.05) is 0 Å². The Balaban J connectivity index is 2.08. The third kappa shape index (κ3) is 2.78. The smallest absolute Gasteiger partial charge is 0.346 e. The first-order chi connectivity index (χ1) is 8.27. The van der Waals surface area contributed by atoms with Crippen LogP contribution < -0.4 is 0 Å². The van der Waals surface area contributed by atoms with Crippen molar-refractivity contribution in [2.75, 3.05) is 0 Å². The summed E-state index contributed by atoms with van der Waals surface area (Å²) in [4.78, 5) is 23.1. The molecule has 1 radical (unpaired) electrons. The second-order valence-corrected chi connectivity index (χ2v) is 3.32. The Morgan fingerprint density at radius 3 is 2.24 bits per heavy atom. The van der Waals surface area contributed by atoms with Gasteiger partial charge in [0, 0.05) is 0 Å². The van der Waals surface area contributed by atoms with E-state index >= 15 is 0 Å². The molecular formula is C14H9O3. The molecular weight excluding hydrogens is 216 g/mol. The lowest BCUT2D eigenvalue weighted by Gasteiger charge is -2.02. The van der Waals surface area contributed by atoms with Gasteiger partial charge >= 0.3 is 11.9 Å². The van der Waals surface area contributed by atoms with Gasteiger partial charge in [0.25, 0.3) is 0 Å². The van der Waals surface area contributed by atoms with Gasteiger partial charge in [-0.25, -0.2) is 9.59 Å². The average molecular weight is 225 g/mol. The SMILES string of the molecule is O=C(OC(=O)c1ccccc1)c1[c]cccc1. The molecule has 2 aromatic rings. The fraction of sp³-hybridized carbons (Fsp3) is 0. The molecule has 0 spiro atoms. The lowest BCUT2D eigenvalue weighted by Crippen LogP contribution is -2.12. The predicted molar refractivity (Wildman–Crippen MR) is 61.5 cm³/mol. The molecule has 0 heterocycles. The van der Waals surface area contributed by atoms with Crippen LogP contribution in [0.1, 0.15) is 20.7 Å². The zero-order chi connectivity index (χ0) is 12.1. The summed E-state index contributed by atoms with van der Waals surface area (Å²) in [5.74, 6) is -1.35. The summed E-state index contributed by atoms with van der Waals surface area (Å²) in [5, 5.41) is 0. The molecule has 0 aliphatic carbocycles. The number of carbonyl (C=O) groups excluding carboxylic acids is 2. The van der Waals surface area contributed by atoms with Gasteiger partial charge in [-0.2, -0.15) is 0 Å². The highest BCUT2D eigenvalue weighted by Crippen LogP contribution is 2.05. The van der Waals surface area contributed by atoms with Gasteiger partial charge in [-0.1, -0.05) is 36.4 Å². The van der Waals surface area contributed by atoms with E-state index in [-0.39, 0.29) is 5.56 Å². The summed E-state index contributed by atoms with van der Waals surface area (Å²) in [6, 6.07) is 17.6. The Morgan fingerprint density at radius 2 is 1.59 bits per heavy atom. The number of hydrogen-bond acceptors (Lipinski definition) is 3. The molecule has 0 saturated carbocycles. The van der Waals surface area contributed by atoms with E-state index in [1.54, 1.807) is 54.6 Å². The molecule has 3 nitrogen and oxygen atoms in total. The van der Waals surface area contributed by atoms with E-state index in [4.69, 9.17) is 4.74 Å². The molecule has 0 unspecified atom stereocenters. The number of benzene rings is 2. The quantitative estimate of drug-likeness (QED) is 0.582. The maximum absolute atomic E-state index is 11.6. The molecule has 0 aliphatic heterocycles. The molecule has 2 aromatic carbocycles. The van der Waals surface area contributed by atoms with Crippen LogP contribution >= 0.6 is 0 Å². The van der Waals surface area contributed by atoms with Crippen LogP contribution in [0.15, 0.2) is 54.6 Å². The van der Waals surface area contributed by atoms with Crippen LogP contribution in [-0.2, 0) is 4.74 Å². The van der Waals surface area contributed by atoms with E-state index in [0.717, 1.165) is 0 Å². The van der Waals surface area contributed by atoms with Gasteiger partial charge in [-0.3, -0.25) is 0 Å². The second kappa shape index (κ2) is 5.07. The Labute approximate surface area is 98.7 Å². The van der Waals surface area contributed by atoms with Crippen molar-refractivity contribution in [1.82, 2.24) is 0 Å². The zero-order valence-electron chi connectivity index (χ0n) is 8.92. The third-order valence-corrected chi connectivity index (χ3v) is 2.12. The van der Waals surface area contributed by atoms with Gasteiger partial charge in [0.1, 0.15) is 0 Å². The van der Waals surface area contributed by atoms with Crippen molar-refractivity contribution in [2.45, 2.75) is 0 Å². The normalized spacial score (nSPS) is 9.65. The number of rotatable bonds is 2. The Hall–Kier alpha value is -2.42. The van der Waals surface area contributed by atoms with E-state index in [0.29, 0.717) is 5.56 Å². The summed E-state index contributed by atoms with van der Waals surface area (Å²) in [6.07, 6.45) is 0. The van der Waals surface area contributed by atoms with E-state index < -0.39 is 11.9 Å². The van der Waals surface area contributed by atoms with Crippen molar-refractivity contribution in [2.24, 2.45) is 0 Å². The van der Waals surface area contributed by atoms with Crippen molar-refractivity contribution in [1.29, 1.82) is 0 Å². The van der Waals surface area contributed by atoms with Crippen molar-refractivity contribution in [3.8, 4) is 0 Å². The summed E-state index contributed by atoms with van der Waals surface area (Å²) in [5.41, 5.74) is 0.577. The van der Waals surface area contributed by atoms with Crippen LogP contribution in [0.25, 0.3) is 0 Å². The lowest BCUT2D eigenvalue weighted by atomic mass is 10.2. The number of ether oxygens (including phenoxy) is 1. The molecule has 0 N–H and O–H groups in total. The average Bonchev–Trinajstić information content (AvgIpc) is 2.40. The third-order valence-electron chi connectivity index (χ3n) is 2.12. The highest BCUT2D eigenvalue weighted by molar-refractivity contribution is 6.02. The van der Waals surface area contributed by atoms with Gasteiger partial charge in [-0.15, -0.1) is 0 Å². The van der Waals surface area contributed by atoms with Crippen LogP contribution in [0, 0.1) is 6.07 Å². The number of esters is 2. The minimum Gasteiger partial charge on any atom is -0.386 e. The summed E-state index contributed by atoms with van der Waals surface area (Å²) < 4.78 is 4.71. The Bertz CT molecular complexity index is 468. The van der Waals surface area contributed by atoms with Gasteiger partial charge in [-0.05, 0) is 24.3 Å². The van der Waals surface area contributed by atoms with Gasteiger partial charge in [0.2, 0.25) is 0 Å². The van der Waals surface area contributed by atoms with Crippen molar-refractivity contribution in [3.63, 3.8) is 0 Å². The number of hydrogen-bond donors (Lipinski definition) is 0. The molecule has 2 rings (SSSR count). The highest BCUT2D eigenvalue weighted by Gasteiger charge is 2.13. The maximum atomic E-state index is 11.6. The topological polar surface area (TPSA) is 43.4 Å². The van der Waals surface area contributed by atoms with Crippen LogP contribution in [0.5, 0.6) is 0 Å². The Morgan fingerprint density at radius 1 is 0.882 bits per heavy atom. The fourth-order valence-corrected chi connectivity index (χ4v) is 1.29. The van der Waals surface area contributed by atoms with Gasteiger partial charge in [0.05, 0.1) is 11.1 Å². The molecule has 0 saturated heterocycles. The molecule has 0 bridgehead atoms. The van der Waals surface area contributed by atoms with Crippen molar-refractivity contribution in [3.05, 3.63) is 71.8 Å².